The second-order valence-electron chi connectivity index (χ2n) is 9.01. The van der Waals surface area contributed by atoms with Crippen LogP contribution in [0.2, 0.25) is 0 Å². The Hall–Kier alpha value is -3.01. The molecule has 0 aliphatic carbocycles. The van der Waals surface area contributed by atoms with E-state index >= 15 is 0 Å². The molecule has 2 aromatic rings. The lowest BCUT2D eigenvalue weighted by Crippen LogP contribution is -2.43. The Morgan fingerprint density at radius 1 is 1.40 bits per heavy atom. The first kappa shape index (κ1) is 28.5. The lowest BCUT2D eigenvalue weighted by Gasteiger charge is -2.26. The standard InChI is InChI=1S/C25H29ClF2N3O8P/c1-15(2)37-22(33)16(3)14-40(35,39-17-8-5-4-6-9-17)36-13-19-20(32)25(26,10-7-11-27)23(38-19)31-12-18(28)21(29)30-24(31)34/h4-6,8-9,12,15-16,19-20,23,32H,11,13-14H2,1-3H3,(H2,29,30,34)/t16-,19-,20+,23-,25?,40+/m1/s1/i13D2. The molecule has 0 radical (unpaired) electrons. The van der Waals surface area contributed by atoms with Crippen LogP contribution >= 0.6 is 19.2 Å². The molecule has 3 N–H and O–H groups in total. The third kappa shape index (κ3) is 7.38. The van der Waals surface area contributed by atoms with E-state index in [4.69, 9.17) is 38.6 Å². The monoisotopic (exact) mass is 605 g/mol. The van der Waals surface area contributed by atoms with E-state index < -0.39 is 85.6 Å². The molecule has 0 saturated carbocycles. The highest BCUT2D eigenvalue weighted by molar-refractivity contribution is 7.54. The van der Waals surface area contributed by atoms with Gasteiger partial charge in [-0.1, -0.05) is 48.6 Å². The first-order chi connectivity index (χ1) is 19.5. The minimum atomic E-state index is -4.64. The van der Waals surface area contributed by atoms with E-state index in [0.29, 0.717) is 10.8 Å². The maximum Gasteiger partial charge on any atom is 0.380 e. The molecule has 1 saturated heterocycles. The molecular weight excluding hydrogens is 575 g/mol. The van der Waals surface area contributed by atoms with Crippen molar-refractivity contribution in [1.82, 2.24) is 9.55 Å². The number of ether oxygens (including phenoxy) is 2. The third-order valence-corrected chi connectivity index (χ3v) is 7.81. The van der Waals surface area contributed by atoms with Gasteiger partial charge in [0.2, 0.25) is 0 Å². The minimum Gasteiger partial charge on any atom is -0.463 e. The number of anilines is 1. The van der Waals surface area contributed by atoms with Crippen molar-refractivity contribution in [2.45, 2.75) is 50.2 Å². The maximum atomic E-state index is 14.2. The van der Waals surface area contributed by atoms with Crippen molar-refractivity contribution in [2.24, 2.45) is 5.92 Å². The van der Waals surface area contributed by atoms with Crippen molar-refractivity contribution in [3.63, 3.8) is 0 Å². The summed E-state index contributed by atoms with van der Waals surface area (Å²) in [4.78, 5) is 25.8. The molecule has 0 spiro atoms. The number of rotatable bonds is 10. The number of hydrogen-bond acceptors (Lipinski definition) is 10. The van der Waals surface area contributed by atoms with E-state index in [2.05, 4.69) is 10.9 Å². The Bertz CT molecular complexity index is 1460. The van der Waals surface area contributed by atoms with Crippen molar-refractivity contribution < 1.29 is 44.5 Å². The number of alkyl halides is 2. The van der Waals surface area contributed by atoms with Gasteiger partial charge in [-0.05, 0) is 26.0 Å². The number of hydrogen-bond donors (Lipinski definition) is 2. The number of nitrogens with two attached hydrogens (primary N) is 1. The van der Waals surface area contributed by atoms with Gasteiger partial charge in [-0.2, -0.15) is 4.98 Å². The predicted molar refractivity (Wildman–Crippen MR) is 141 cm³/mol. The summed E-state index contributed by atoms with van der Waals surface area (Å²) >= 11 is 6.50. The fraction of sp³-hybridized carbons (Fsp3) is 0.480. The fourth-order valence-corrected chi connectivity index (χ4v) is 5.65. The van der Waals surface area contributed by atoms with Crippen LogP contribution in [-0.2, 0) is 23.4 Å². The van der Waals surface area contributed by atoms with Crippen molar-refractivity contribution in [3.05, 3.63) is 52.8 Å². The minimum absolute atomic E-state index is 0.00213. The van der Waals surface area contributed by atoms with E-state index in [1.165, 1.54) is 19.1 Å². The lowest BCUT2D eigenvalue weighted by molar-refractivity contribution is -0.151. The maximum absolute atomic E-state index is 14.2. The zero-order chi connectivity index (χ0) is 31.5. The van der Waals surface area contributed by atoms with Crippen LogP contribution in [0.4, 0.5) is 14.6 Å². The highest BCUT2D eigenvalue weighted by atomic mass is 35.5. The summed E-state index contributed by atoms with van der Waals surface area (Å²) < 4.78 is 80.5. The summed E-state index contributed by atoms with van der Waals surface area (Å²) in [7, 11) is -4.64. The Morgan fingerprint density at radius 2 is 2.08 bits per heavy atom. The number of nitrogens with zero attached hydrogens (tertiary/aromatic N) is 2. The summed E-state index contributed by atoms with van der Waals surface area (Å²) in [5, 5.41) is 11.1. The number of carbonyl (C=O) groups excluding carboxylic acids is 1. The molecule has 1 aliphatic rings. The molecule has 11 nitrogen and oxygen atoms in total. The van der Waals surface area contributed by atoms with Gasteiger partial charge in [0.1, 0.15) is 24.6 Å². The molecule has 0 amide bonds. The number of aliphatic hydroxyl groups excluding tert-OH is 1. The molecule has 40 heavy (non-hydrogen) atoms. The van der Waals surface area contributed by atoms with Gasteiger partial charge >= 0.3 is 19.3 Å². The highest BCUT2D eigenvalue weighted by Gasteiger charge is 2.56. The molecule has 3 rings (SSSR count). The first-order valence-corrected chi connectivity index (χ1v) is 14.0. The largest absolute Gasteiger partial charge is 0.463 e. The second-order valence-corrected chi connectivity index (χ2v) is 11.6. The van der Waals surface area contributed by atoms with Crippen LogP contribution in [-0.4, -0.2) is 63.2 Å². The van der Waals surface area contributed by atoms with Crippen molar-refractivity contribution in [2.75, 3.05) is 25.1 Å². The fourth-order valence-electron chi connectivity index (χ4n) is 3.59. The van der Waals surface area contributed by atoms with Crippen LogP contribution < -0.4 is 15.9 Å². The average Bonchev–Trinajstić information content (AvgIpc) is 3.15. The number of esters is 1. The van der Waals surface area contributed by atoms with Crippen LogP contribution in [0.15, 0.2) is 41.3 Å². The van der Waals surface area contributed by atoms with E-state index in [9.17, 15) is 28.0 Å². The number of aromatic nitrogens is 2. The first-order valence-electron chi connectivity index (χ1n) is 12.9. The van der Waals surface area contributed by atoms with Gasteiger partial charge in [-0.25, -0.2) is 18.1 Å². The van der Waals surface area contributed by atoms with E-state index in [-0.39, 0.29) is 5.75 Å². The molecule has 1 aromatic heterocycles. The number of benzene rings is 1. The molecule has 1 aliphatic heterocycles. The molecule has 15 heteroatoms. The molecule has 1 fully saturated rings. The summed E-state index contributed by atoms with van der Waals surface area (Å²) in [5.74, 6) is 0.343. The van der Waals surface area contributed by atoms with E-state index in [1.54, 1.807) is 32.0 Å². The summed E-state index contributed by atoms with van der Waals surface area (Å²) in [5.41, 5.74) is 4.11. The van der Waals surface area contributed by atoms with Gasteiger partial charge < -0.3 is 24.8 Å². The average molecular weight is 606 g/mol. The summed E-state index contributed by atoms with van der Waals surface area (Å²) in [6.45, 7) is 0.0872. The molecule has 1 aromatic carbocycles. The highest BCUT2D eigenvalue weighted by Crippen LogP contribution is 2.51. The van der Waals surface area contributed by atoms with Crippen molar-refractivity contribution in [3.8, 4) is 17.6 Å². The van der Waals surface area contributed by atoms with Crippen LogP contribution in [0.3, 0.4) is 0 Å². The Labute approximate surface area is 236 Å². The molecular formula is C25H29ClF2N3O8P. The number of carbonyl (C=O) groups is 1. The van der Waals surface area contributed by atoms with Gasteiger partial charge in [0.25, 0.3) is 0 Å². The Kier molecular flexibility index (Phi) is 9.34. The number of nitrogen functional groups attached to an aromatic ring is 1. The van der Waals surface area contributed by atoms with Crippen LogP contribution in [0.25, 0.3) is 0 Å². The number of halogens is 3. The summed E-state index contributed by atoms with van der Waals surface area (Å²) in [6, 6.07) is 7.54. The number of aliphatic hydroxyl groups is 1. The topological polar surface area (TPSA) is 152 Å². The summed E-state index contributed by atoms with van der Waals surface area (Å²) in [6.07, 6.45) is -6.95. The molecule has 218 valence electrons. The van der Waals surface area contributed by atoms with E-state index in [0.717, 1.165) is 0 Å². The van der Waals surface area contributed by atoms with Crippen molar-refractivity contribution in [1.29, 1.82) is 0 Å². The van der Waals surface area contributed by atoms with Gasteiger partial charge in [0.05, 0.1) is 33.7 Å². The predicted octanol–water partition coefficient (Wildman–Crippen LogP) is 3.05. The third-order valence-electron chi connectivity index (χ3n) is 5.43. The smallest absolute Gasteiger partial charge is 0.380 e. The van der Waals surface area contributed by atoms with Crippen LogP contribution in [0.5, 0.6) is 5.75 Å². The van der Waals surface area contributed by atoms with Crippen molar-refractivity contribution >= 4 is 31.0 Å². The second kappa shape index (κ2) is 13.1. The lowest BCUT2D eigenvalue weighted by atomic mass is 9.99. The zero-order valence-corrected chi connectivity index (χ0v) is 23.3. The van der Waals surface area contributed by atoms with Gasteiger partial charge in [-0.3, -0.25) is 13.9 Å². The molecule has 6 atom stereocenters. The van der Waals surface area contributed by atoms with Gasteiger partial charge in [0, 0.05) is 0 Å². The van der Waals surface area contributed by atoms with Crippen LogP contribution in [0.1, 0.15) is 29.7 Å². The SMILES string of the molecule is [2H]C([2H])(O[P@@](=O)(C[C@@H](C)C(=O)OC(C)C)Oc1ccccc1)[C@H]1O[C@@H](n2cc(F)c(N)nc2=O)C(Cl)(C#CCF)[C@H]1O. The normalized spacial score (nSPS) is 25.6. The van der Waals surface area contributed by atoms with Gasteiger partial charge in [0.15, 0.2) is 22.7 Å². The quantitative estimate of drug-likeness (QED) is 0.179. The molecule has 0 bridgehead atoms. The number of para-hydroxylation sites is 1. The molecule has 1 unspecified atom stereocenters. The molecule has 2 heterocycles. The van der Waals surface area contributed by atoms with Gasteiger partial charge in [-0.15, -0.1) is 0 Å². The van der Waals surface area contributed by atoms with E-state index in [1.807, 2.05) is 5.92 Å². The Balaban J connectivity index is 2.03. The van der Waals surface area contributed by atoms with Crippen LogP contribution in [0, 0.1) is 23.6 Å². The zero-order valence-electron chi connectivity index (χ0n) is 23.6. The Morgan fingerprint density at radius 3 is 2.70 bits per heavy atom.